The molecule has 228 valence electrons. The summed E-state index contributed by atoms with van der Waals surface area (Å²) in [6.07, 6.45) is -1.11. The Labute approximate surface area is 244 Å². The first kappa shape index (κ1) is 31.2. The number of hydrogen-bond acceptors (Lipinski definition) is 9. The van der Waals surface area contributed by atoms with Gasteiger partial charge in [0.1, 0.15) is 11.3 Å². The van der Waals surface area contributed by atoms with Gasteiger partial charge in [-0.3, -0.25) is 14.9 Å². The van der Waals surface area contributed by atoms with Crippen molar-refractivity contribution in [1.82, 2.24) is 24.9 Å². The number of carbonyl (C=O) groups is 3. The van der Waals surface area contributed by atoms with Gasteiger partial charge in [-0.05, 0) is 36.6 Å². The van der Waals surface area contributed by atoms with Gasteiger partial charge in [0, 0.05) is 31.9 Å². The molecule has 43 heavy (non-hydrogen) atoms. The number of ether oxygens (including phenoxy) is 2. The van der Waals surface area contributed by atoms with Crippen LogP contribution in [0.1, 0.15) is 24.0 Å². The second kappa shape index (κ2) is 13.5. The lowest BCUT2D eigenvalue weighted by Gasteiger charge is -2.28. The molecule has 3 aromatic heterocycles. The van der Waals surface area contributed by atoms with Crippen LogP contribution in [-0.4, -0.2) is 77.3 Å². The third-order valence-corrected chi connectivity index (χ3v) is 6.53. The largest absolute Gasteiger partial charge is 0.453 e. The van der Waals surface area contributed by atoms with Crippen molar-refractivity contribution in [3.05, 3.63) is 60.5 Å². The summed E-state index contributed by atoms with van der Waals surface area (Å²) in [5.41, 5.74) is 0.627. The second-order valence-electron chi connectivity index (χ2n) is 9.65. The number of pyridine rings is 1. The van der Waals surface area contributed by atoms with Gasteiger partial charge in [0.25, 0.3) is 0 Å². The number of nitrogens with zero attached hydrogens (tertiary/aromatic N) is 5. The van der Waals surface area contributed by atoms with E-state index in [-0.39, 0.29) is 36.0 Å². The molecule has 2 N–H and O–H groups in total. The highest BCUT2D eigenvalue weighted by atomic mass is 19.4. The minimum Gasteiger partial charge on any atom is -0.453 e. The fourth-order valence-electron chi connectivity index (χ4n) is 4.39. The van der Waals surface area contributed by atoms with Crippen LogP contribution in [0.2, 0.25) is 0 Å². The number of hydrogen-bond donors (Lipinski definition) is 2. The van der Waals surface area contributed by atoms with E-state index >= 15 is 0 Å². The summed E-state index contributed by atoms with van der Waals surface area (Å²) in [6.45, 7) is 9.06. The van der Waals surface area contributed by atoms with Crippen molar-refractivity contribution in [2.24, 2.45) is 0 Å². The third kappa shape index (κ3) is 7.94. The van der Waals surface area contributed by atoms with E-state index in [0.717, 1.165) is 30.5 Å². The highest BCUT2D eigenvalue weighted by molar-refractivity contribution is 5.91. The van der Waals surface area contributed by atoms with Crippen molar-refractivity contribution in [3.8, 4) is 11.4 Å². The van der Waals surface area contributed by atoms with Crippen molar-refractivity contribution in [3.63, 3.8) is 0 Å². The number of Topliss-reactive ketones (excluding diaryl/α,β-unsaturated/α-hetero) is 1. The Morgan fingerprint density at radius 3 is 2.60 bits per heavy atom. The summed E-state index contributed by atoms with van der Waals surface area (Å²) < 4.78 is 53.9. The fourth-order valence-corrected chi connectivity index (χ4v) is 4.39. The molecule has 0 spiro atoms. The van der Waals surface area contributed by atoms with E-state index in [2.05, 4.69) is 43.6 Å². The molecule has 0 atom stereocenters. The summed E-state index contributed by atoms with van der Waals surface area (Å²) in [5.74, 6) is -0.739. The number of ketones is 1. The van der Waals surface area contributed by atoms with Crippen LogP contribution in [0.25, 0.3) is 16.9 Å². The summed E-state index contributed by atoms with van der Waals surface area (Å²) >= 11 is 0. The van der Waals surface area contributed by atoms with Crippen molar-refractivity contribution in [2.75, 3.05) is 50.2 Å². The average molecular weight is 602 g/mol. The fraction of sp³-hybridized carbons (Fsp3) is 0.357. The molecule has 3 aromatic rings. The van der Waals surface area contributed by atoms with Crippen LogP contribution in [0.15, 0.2) is 49.3 Å². The Morgan fingerprint density at radius 2 is 1.93 bits per heavy atom. The average Bonchev–Trinajstić information content (AvgIpc) is 3.40. The predicted molar refractivity (Wildman–Crippen MR) is 151 cm³/mol. The number of aromatic nitrogens is 4. The normalized spacial score (nSPS) is 13.4. The monoisotopic (exact) mass is 601 g/mol. The van der Waals surface area contributed by atoms with Crippen LogP contribution in [0.5, 0.6) is 0 Å². The van der Waals surface area contributed by atoms with Crippen LogP contribution in [0.3, 0.4) is 0 Å². The standard InChI is InChI=1S/C28H30F3N7O5/c1-4-24(40)33-14-19(39)6-5-17(2)11-18-12-22-26(37-7-9-43-10-8-37)35-25(36-38(22)16-18)20-15-32-23(34-27(41)42-3)13-21(20)28(29,30)31/h4,12-13,15-16H,1-2,5-11,14H2,3H3,(H,33,40)(H,32,34,41). The highest BCUT2D eigenvalue weighted by Crippen LogP contribution is 2.38. The molecule has 0 aliphatic carbocycles. The lowest BCUT2D eigenvalue weighted by atomic mass is 10.0. The maximum atomic E-state index is 14.2. The number of nitrogens with one attached hydrogen (secondary N) is 2. The van der Waals surface area contributed by atoms with Gasteiger partial charge in [-0.25, -0.2) is 19.3 Å². The third-order valence-electron chi connectivity index (χ3n) is 6.53. The molecule has 1 aliphatic rings. The summed E-state index contributed by atoms with van der Waals surface area (Å²) in [5, 5.41) is 8.97. The maximum absolute atomic E-state index is 14.2. The highest BCUT2D eigenvalue weighted by Gasteiger charge is 2.36. The molecule has 4 rings (SSSR count). The zero-order chi connectivity index (χ0) is 31.1. The number of carbonyl (C=O) groups excluding carboxylic acids is 3. The molecule has 0 radical (unpaired) electrons. The Balaban J connectivity index is 1.65. The molecule has 0 aromatic carbocycles. The van der Waals surface area contributed by atoms with Gasteiger partial charge < -0.3 is 19.7 Å². The first-order valence-electron chi connectivity index (χ1n) is 13.2. The number of fused-ring (bicyclic) bond motifs is 1. The number of methoxy groups -OCH3 is 1. The molecule has 0 saturated carbocycles. The molecule has 4 heterocycles. The van der Waals surface area contributed by atoms with Gasteiger partial charge >= 0.3 is 12.3 Å². The Kier molecular flexibility index (Phi) is 9.75. The number of morpholine rings is 1. The first-order chi connectivity index (χ1) is 20.5. The first-order valence-corrected chi connectivity index (χ1v) is 13.2. The van der Waals surface area contributed by atoms with Crippen molar-refractivity contribution in [1.29, 1.82) is 0 Å². The van der Waals surface area contributed by atoms with E-state index in [4.69, 9.17) is 4.74 Å². The SMILES string of the molecule is C=CC(=O)NCC(=O)CCC(=C)Cc1cc2c(N3CCOCC3)nc(-c3cnc(NC(=O)OC)cc3C(F)(F)F)nn2c1. The van der Waals surface area contributed by atoms with E-state index < -0.39 is 23.7 Å². The zero-order valence-corrected chi connectivity index (χ0v) is 23.4. The molecule has 1 fully saturated rings. The molecular formula is C28H30F3N7O5. The minimum atomic E-state index is -4.81. The number of amides is 2. The lowest BCUT2D eigenvalue weighted by molar-refractivity contribution is -0.137. The number of alkyl halides is 3. The summed E-state index contributed by atoms with van der Waals surface area (Å²) in [7, 11) is 1.08. The van der Waals surface area contributed by atoms with Crippen LogP contribution >= 0.6 is 0 Å². The Hall–Kier alpha value is -4.79. The van der Waals surface area contributed by atoms with Crippen molar-refractivity contribution >= 4 is 34.9 Å². The van der Waals surface area contributed by atoms with Gasteiger partial charge in [-0.15, -0.1) is 5.10 Å². The molecule has 2 amide bonds. The van der Waals surface area contributed by atoms with E-state index in [9.17, 15) is 27.6 Å². The van der Waals surface area contributed by atoms with Crippen molar-refractivity contribution < 1.29 is 37.0 Å². The quantitative estimate of drug-likeness (QED) is 0.249. The maximum Gasteiger partial charge on any atom is 0.417 e. The lowest BCUT2D eigenvalue weighted by Crippen LogP contribution is -2.37. The molecule has 0 bridgehead atoms. The molecule has 1 aliphatic heterocycles. The van der Waals surface area contributed by atoms with Gasteiger partial charge in [0.05, 0.1) is 38.0 Å². The Morgan fingerprint density at radius 1 is 1.19 bits per heavy atom. The number of halogens is 3. The van der Waals surface area contributed by atoms with Gasteiger partial charge in [0.15, 0.2) is 17.4 Å². The molecule has 0 unspecified atom stereocenters. The predicted octanol–water partition coefficient (Wildman–Crippen LogP) is 3.58. The van der Waals surface area contributed by atoms with Crippen LogP contribution in [0, 0.1) is 0 Å². The van der Waals surface area contributed by atoms with Crippen LogP contribution in [0.4, 0.5) is 29.6 Å². The Bertz CT molecular complexity index is 1550. The van der Waals surface area contributed by atoms with E-state index in [1.165, 1.54) is 4.52 Å². The summed E-state index contributed by atoms with van der Waals surface area (Å²) in [4.78, 5) is 45.3. The zero-order valence-electron chi connectivity index (χ0n) is 23.4. The topological polar surface area (TPSA) is 140 Å². The number of anilines is 2. The van der Waals surface area contributed by atoms with Crippen LogP contribution in [-0.2, 0) is 31.7 Å². The summed E-state index contributed by atoms with van der Waals surface area (Å²) in [6, 6.07) is 2.53. The minimum absolute atomic E-state index is 0.107. The van der Waals surface area contributed by atoms with E-state index in [1.807, 2.05) is 11.0 Å². The molecule has 15 heteroatoms. The van der Waals surface area contributed by atoms with E-state index in [0.29, 0.717) is 56.5 Å². The molecule has 12 nitrogen and oxygen atoms in total. The second-order valence-corrected chi connectivity index (χ2v) is 9.65. The number of allylic oxidation sites excluding steroid dienone is 1. The van der Waals surface area contributed by atoms with E-state index in [1.54, 1.807) is 6.20 Å². The van der Waals surface area contributed by atoms with Gasteiger partial charge in [0.2, 0.25) is 5.91 Å². The molecule has 1 saturated heterocycles. The smallest absolute Gasteiger partial charge is 0.417 e. The van der Waals surface area contributed by atoms with Crippen LogP contribution < -0.4 is 15.5 Å². The van der Waals surface area contributed by atoms with Crippen molar-refractivity contribution in [2.45, 2.75) is 25.4 Å². The van der Waals surface area contributed by atoms with Gasteiger partial charge in [-0.1, -0.05) is 18.7 Å². The van der Waals surface area contributed by atoms with Gasteiger partial charge in [-0.2, -0.15) is 13.2 Å². The number of rotatable bonds is 11. The molecular weight excluding hydrogens is 571 g/mol.